The molecule has 0 fully saturated rings. The van der Waals surface area contributed by atoms with Gasteiger partial charge in [-0.15, -0.1) is 0 Å². The van der Waals surface area contributed by atoms with Crippen LogP contribution in [0, 0.1) is 5.41 Å². The predicted molar refractivity (Wildman–Crippen MR) is 150 cm³/mol. The van der Waals surface area contributed by atoms with Crippen molar-refractivity contribution in [2.24, 2.45) is 5.41 Å². The molecular formula is C27H61N3O3Si. The molecule has 0 amide bonds. The lowest BCUT2D eigenvalue weighted by atomic mass is 9.73. The molecule has 7 heteroatoms. The fraction of sp³-hybridized carbons (Fsp3) is 1.00. The van der Waals surface area contributed by atoms with Crippen LogP contribution in [0.1, 0.15) is 86.5 Å². The average Bonchev–Trinajstić information content (AvgIpc) is 2.82. The summed E-state index contributed by atoms with van der Waals surface area (Å²) >= 11 is 0. The highest BCUT2D eigenvalue weighted by Crippen LogP contribution is 2.42. The third kappa shape index (κ3) is 14.5. The molecule has 0 aliphatic rings. The van der Waals surface area contributed by atoms with E-state index in [1.807, 2.05) is 0 Å². The maximum Gasteiger partial charge on any atom is 0.500 e. The molecule has 0 aliphatic carbocycles. The first-order chi connectivity index (χ1) is 16.3. The van der Waals surface area contributed by atoms with E-state index >= 15 is 0 Å². The first kappa shape index (κ1) is 34.0. The Morgan fingerprint density at radius 2 is 0.853 bits per heavy atom. The van der Waals surface area contributed by atoms with Gasteiger partial charge in [-0.1, -0.05) is 20.8 Å². The van der Waals surface area contributed by atoms with E-state index in [1.165, 1.54) is 58.2 Å². The highest BCUT2D eigenvalue weighted by atomic mass is 28.4. The molecule has 0 N–H and O–H groups in total. The maximum absolute atomic E-state index is 6.26. The molecule has 34 heavy (non-hydrogen) atoms. The largest absolute Gasteiger partial charge is 0.500 e. The lowest BCUT2D eigenvalue weighted by Crippen LogP contribution is -2.47. The minimum absolute atomic E-state index is 0.321. The quantitative estimate of drug-likeness (QED) is 0.159. The molecule has 0 aliphatic heterocycles. The summed E-state index contributed by atoms with van der Waals surface area (Å²) in [6.07, 6.45) is 8.73. The number of hydrogen-bond donors (Lipinski definition) is 0. The zero-order chi connectivity index (χ0) is 25.9. The van der Waals surface area contributed by atoms with Crippen molar-refractivity contribution >= 4 is 8.80 Å². The van der Waals surface area contributed by atoms with Crippen LogP contribution in [0.3, 0.4) is 0 Å². The van der Waals surface area contributed by atoms with Crippen LogP contribution in [-0.4, -0.2) is 104 Å². The van der Waals surface area contributed by atoms with Crippen LogP contribution < -0.4 is 0 Å². The van der Waals surface area contributed by atoms with E-state index in [2.05, 4.69) is 77.4 Å². The van der Waals surface area contributed by atoms with Gasteiger partial charge in [-0.25, -0.2) is 0 Å². The summed E-state index contributed by atoms with van der Waals surface area (Å²) in [7, 11) is 4.08. The molecule has 0 atom stereocenters. The van der Waals surface area contributed by atoms with Crippen molar-refractivity contribution in [1.29, 1.82) is 0 Å². The highest BCUT2D eigenvalue weighted by Gasteiger charge is 2.43. The molecule has 0 radical (unpaired) electrons. The van der Waals surface area contributed by atoms with Gasteiger partial charge in [0.05, 0.1) is 0 Å². The van der Waals surface area contributed by atoms with E-state index < -0.39 is 8.80 Å². The average molecular weight is 504 g/mol. The Kier molecular flexibility index (Phi) is 20.1. The standard InChI is InChI=1S/C27H61N3O3Si/c1-10-28(7)23-16-19-27(20-17-24-29(8)11-2,21-18-25-30(9)12-3)22-26-34(31-13-4,32-14-5)33-15-6/h10-26H2,1-9H3. The fourth-order valence-corrected chi connectivity index (χ4v) is 7.65. The van der Waals surface area contributed by atoms with Crippen molar-refractivity contribution in [2.45, 2.75) is 92.5 Å². The number of hydrogen-bond acceptors (Lipinski definition) is 6. The summed E-state index contributed by atoms with van der Waals surface area (Å²) in [6, 6.07) is 0.930. The van der Waals surface area contributed by atoms with Gasteiger partial charge in [0.1, 0.15) is 0 Å². The second-order valence-electron chi connectivity index (χ2n) is 9.98. The van der Waals surface area contributed by atoms with Crippen LogP contribution in [-0.2, 0) is 13.3 Å². The SMILES string of the molecule is CCO[Si](CCC(CCCN(C)CC)(CCCN(C)CC)CCCN(C)CC)(OCC)OCC. The van der Waals surface area contributed by atoms with Crippen LogP contribution >= 0.6 is 0 Å². The third-order valence-corrected chi connectivity index (χ3v) is 10.5. The lowest BCUT2D eigenvalue weighted by Gasteiger charge is -2.38. The molecule has 0 saturated heterocycles. The van der Waals surface area contributed by atoms with Gasteiger partial charge in [0.25, 0.3) is 0 Å². The predicted octanol–water partition coefficient (Wildman–Crippen LogP) is 5.61. The van der Waals surface area contributed by atoms with Crippen LogP contribution in [0.2, 0.25) is 6.04 Å². The molecule has 206 valence electrons. The van der Waals surface area contributed by atoms with E-state index in [-0.39, 0.29) is 0 Å². The summed E-state index contributed by atoms with van der Waals surface area (Å²) in [4.78, 5) is 7.33. The molecule has 0 aromatic rings. The summed E-state index contributed by atoms with van der Waals surface area (Å²) in [6.45, 7) is 21.8. The Morgan fingerprint density at radius 1 is 0.529 bits per heavy atom. The Morgan fingerprint density at radius 3 is 1.12 bits per heavy atom. The van der Waals surface area contributed by atoms with Gasteiger partial charge < -0.3 is 28.0 Å². The molecule has 0 rings (SSSR count). The van der Waals surface area contributed by atoms with Crippen LogP contribution in [0.4, 0.5) is 0 Å². The summed E-state index contributed by atoms with van der Waals surface area (Å²) in [5.74, 6) is 0. The van der Waals surface area contributed by atoms with Gasteiger partial charge in [-0.05, 0) is 132 Å². The van der Waals surface area contributed by atoms with E-state index in [0.29, 0.717) is 25.2 Å². The molecular weight excluding hydrogens is 442 g/mol. The van der Waals surface area contributed by atoms with Gasteiger partial charge in [0.2, 0.25) is 0 Å². The van der Waals surface area contributed by atoms with Crippen LogP contribution in [0.15, 0.2) is 0 Å². The van der Waals surface area contributed by atoms with Crippen LogP contribution in [0.5, 0.6) is 0 Å². The first-order valence-electron chi connectivity index (χ1n) is 14.2. The maximum atomic E-state index is 6.26. The van der Waals surface area contributed by atoms with E-state index in [1.54, 1.807) is 0 Å². The third-order valence-electron chi connectivity index (χ3n) is 7.41. The van der Waals surface area contributed by atoms with E-state index in [0.717, 1.165) is 32.1 Å². The topological polar surface area (TPSA) is 37.4 Å². The van der Waals surface area contributed by atoms with E-state index in [9.17, 15) is 0 Å². The van der Waals surface area contributed by atoms with Gasteiger partial charge in [-0.2, -0.15) is 0 Å². The molecule has 0 unspecified atom stereocenters. The zero-order valence-electron chi connectivity index (χ0n) is 24.6. The molecule has 0 aromatic heterocycles. The van der Waals surface area contributed by atoms with Crippen molar-refractivity contribution in [2.75, 3.05) is 80.2 Å². The zero-order valence-corrected chi connectivity index (χ0v) is 25.6. The minimum atomic E-state index is -2.64. The Bertz CT molecular complexity index is 413. The van der Waals surface area contributed by atoms with Crippen molar-refractivity contribution in [1.82, 2.24) is 14.7 Å². The Balaban J connectivity index is 5.69. The molecule has 0 spiro atoms. The van der Waals surface area contributed by atoms with E-state index in [4.69, 9.17) is 13.3 Å². The van der Waals surface area contributed by atoms with Gasteiger partial charge in [0, 0.05) is 25.9 Å². The first-order valence-corrected chi connectivity index (χ1v) is 16.2. The van der Waals surface area contributed by atoms with Crippen molar-refractivity contribution in [3.8, 4) is 0 Å². The molecule has 0 aromatic carbocycles. The molecule has 0 bridgehead atoms. The minimum Gasteiger partial charge on any atom is -0.374 e. The highest BCUT2D eigenvalue weighted by molar-refractivity contribution is 6.60. The van der Waals surface area contributed by atoms with Crippen molar-refractivity contribution in [3.05, 3.63) is 0 Å². The molecule has 0 heterocycles. The molecule has 6 nitrogen and oxygen atoms in total. The summed E-state index contributed by atoms with van der Waals surface area (Å²) < 4.78 is 18.8. The molecule has 0 saturated carbocycles. The smallest absolute Gasteiger partial charge is 0.374 e. The van der Waals surface area contributed by atoms with Crippen LogP contribution in [0.25, 0.3) is 0 Å². The number of rotatable bonds is 24. The summed E-state index contributed by atoms with van der Waals surface area (Å²) in [5, 5.41) is 0. The number of nitrogens with zero attached hydrogens (tertiary/aromatic N) is 3. The van der Waals surface area contributed by atoms with Crippen molar-refractivity contribution < 1.29 is 13.3 Å². The monoisotopic (exact) mass is 503 g/mol. The second-order valence-corrected chi connectivity index (χ2v) is 12.7. The Labute approximate surface area is 215 Å². The normalized spacial score (nSPS) is 13.1. The fourth-order valence-electron chi connectivity index (χ4n) is 4.82. The van der Waals surface area contributed by atoms with Crippen molar-refractivity contribution in [3.63, 3.8) is 0 Å². The summed E-state index contributed by atoms with van der Waals surface area (Å²) in [5.41, 5.74) is 0.321. The van der Waals surface area contributed by atoms with Gasteiger partial charge in [0.15, 0.2) is 0 Å². The van der Waals surface area contributed by atoms with Gasteiger partial charge in [-0.3, -0.25) is 0 Å². The second kappa shape index (κ2) is 20.1. The van der Waals surface area contributed by atoms with Gasteiger partial charge >= 0.3 is 8.80 Å². The Hall–Kier alpha value is -0.0231. The lowest BCUT2D eigenvalue weighted by molar-refractivity contribution is 0.0633.